The van der Waals surface area contributed by atoms with Crippen molar-refractivity contribution in [2.75, 3.05) is 7.11 Å². The highest BCUT2D eigenvalue weighted by Crippen LogP contribution is 2.19. The highest BCUT2D eigenvalue weighted by molar-refractivity contribution is 5.90. The lowest BCUT2D eigenvalue weighted by Gasteiger charge is -2.12. The molecule has 0 saturated carbocycles. The quantitative estimate of drug-likeness (QED) is 0.436. The van der Waals surface area contributed by atoms with Gasteiger partial charge in [-0.25, -0.2) is 14.8 Å². The van der Waals surface area contributed by atoms with E-state index in [0.29, 0.717) is 28.1 Å². The second-order valence-electron chi connectivity index (χ2n) is 7.00. The maximum Gasteiger partial charge on any atom is 0.352 e. The van der Waals surface area contributed by atoms with Crippen molar-refractivity contribution in [3.63, 3.8) is 0 Å². The summed E-state index contributed by atoms with van der Waals surface area (Å²) in [5, 5.41) is 8.94. The first kappa shape index (κ1) is 18.7. The molecule has 4 heterocycles. The number of aromatic nitrogens is 7. The number of hydrogen-bond acceptors (Lipinski definition) is 7. The van der Waals surface area contributed by atoms with E-state index in [2.05, 4.69) is 20.2 Å². The Balaban J connectivity index is 1.73. The van der Waals surface area contributed by atoms with Gasteiger partial charge in [0.05, 0.1) is 36.6 Å². The summed E-state index contributed by atoms with van der Waals surface area (Å²) >= 11 is 0. The molecule has 0 spiro atoms. The van der Waals surface area contributed by atoms with Crippen molar-refractivity contribution < 1.29 is 4.74 Å². The molecule has 5 aromatic rings. The van der Waals surface area contributed by atoms with E-state index in [4.69, 9.17) is 4.74 Å². The number of aryl methyl sites for hydroxylation is 1. The molecule has 0 N–H and O–H groups in total. The zero-order valence-electron chi connectivity index (χ0n) is 16.8. The third-order valence-electron chi connectivity index (χ3n) is 4.99. The molecular formula is C21H17N7O3. The summed E-state index contributed by atoms with van der Waals surface area (Å²) in [6.07, 6.45) is 2.84. The van der Waals surface area contributed by atoms with E-state index < -0.39 is 0 Å². The molecule has 154 valence electrons. The minimum atomic E-state index is -0.359. The number of nitrogens with zero attached hydrogens (tertiary/aromatic N) is 7. The fraction of sp³-hybridized carbons (Fsp3) is 0.143. The first-order valence-corrected chi connectivity index (χ1v) is 9.48. The van der Waals surface area contributed by atoms with Gasteiger partial charge >= 0.3 is 5.69 Å². The van der Waals surface area contributed by atoms with Crippen LogP contribution in [0.2, 0.25) is 0 Å². The number of ether oxygens (including phenoxy) is 1. The molecule has 0 saturated heterocycles. The van der Waals surface area contributed by atoms with Crippen LogP contribution >= 0.6 is 0 Å². The number of benzene rings is 1. The third kappa shape index (κ3) is 3.14. The largest absolute Gasteiger partial charge is 0.497 e. The van der Waals surface area contributed by atoms with Crippen molar-refractivity contribution in [3.8, 4) is 11.4 Å². The van der Waals surface area contributed by atoms with Crippen LogP contribution in [0, 0.1) is 6.92 Å². The molecule has 5 rings (SSSR count). The van der Waals surface area contributed by atoms with E-state index in [-0.39, 0.29) is 17.8 Å². The van der Waals surface area contributed by atoms with Gasteiger partial charge in [-0.3, -0.25) is 9.36 Å². The van der Waals surface area contributed by atoms with Gasteiger partial charge in [-0.15, -0.1) is 0 Å². The Bertz CT molecular complexity index is 1550. The van der Waals surface area contributed by atoms with Gasteiger partial charge in [-0.05, 0) is 36.8 Å². The van der Waals surface area contributed by atoms with Crippen molar-refractivity contribution in [2.45, 2.75) is 13.5 Å². The van der Waals surface area contributed by atoms with Gasteiger partial charge in [0.25, 0.3) is 5.56 Å². The van der Waals surface area contributed by atoms with Gasteiger partial charge in [-0.1, -0.05) is 12.1 Å². The Morgan fingerprint density at radius 3 is 2.58 bits per heavy atom. The SMILES string of the molecule is COc1ccc(Cn2c(=O)n3ncnc3c3cc(-n4nc(C)ccc4=O)cnc32)cc1. The smallest absolute Gasteiger partial charge is 0.352 e. The van der Waals surface area contributed by atoms with E-state index in [1.807, 2.05) is 24.3 Å². The van der Waals surface area contributed by atoms with E-state index in [1.165, 1.54) is 32.4 Å². The van der Waals surface area contributed by atoms with Gasteiger partial charge in [0, 0.05) is 6.07 Å². The van der Waals surface area contributed by atoms with Crippen LogP contribution in [0.4, 0.5) is 0 Å². The van der Waals surface area contributed by atoms with Crippen LogP contribution in [0.3, 0.4) is 0 Å². The molecule has 0 aliphatic heterocycles. The Labute approximate surface area is 175 Å². The van der Waals surface area contributed by atoms with Crippen molar-refractivity contribution in [1.29, 1.82) is 0 Å². The fourth-order valence-corrected chi connectivity index (χ4v) is 3.46. The van der Waals surface area contributed by atoms with Gasteiger partial charge in [0.2, 0.25) is 0 Å². The summed E-state index contributed by atoms with van der Waals surface area (Å²) in [7, 11) is 1.60. The third-order valence-corrected chi connectivity index (χ3v) is 4.99. The van der Waals surface area contributed by atoms with Crippen molar-refractivity contribution >= 4 is 16.7 Å². The summed E-state index contributed by atoms with van der Waals surface area (Å²) in [6.45, 7) is 2.08. The molecule has 31 heavy (non-hydrogen) atoms. The fourth-order valence-electron chi connectivity index (χ4n) is 3.46. The summed E-state index contributed by atoms with van der Waals surface area (Å²) in [5.74, 6) is 0.728. The van der Waals surface area contributed by atoms with Gasteiger partial charge in [0.15, 0.2) is 5.65 Å². The second kappa shape index (κ2) is 7.17. The minimum Gasteiger partial charge on any atom is -0.497 e. The van der Waals surface area contributed by atoms with Crippen LogP contribution in [0.25, 0.3) is 22.4 Å². The van der Waals surface area contributed by atoms with Crippen LogP contribution in [0.15, 0.2) is 64.6 Å². The molecule has 0 atom stereocenters. The Kier molecular flexibility index (Phi) is 4.32. The highest BCUT2D eigenvalue weighted by Gasteiger charge is 2.16. The average molecular weight is 415 g/mol. The molecular weight excluding hydrogens is 398 g/mol. The topological polar surface area (TPSA) is 109 Å². The van der Waals surface area contributed by atoms with Crippen LogP contribution in [0.5, 0.6) is 5.75 Å². The zero-order valence-corrected chi connectivity index (χ0v) is 16.8. The van der Waals surface area contributed by atoms with Crippen LogP contribution in [0.1, 0.15) is 11.3 Å². The molecule has 0 aliphatic carbocycles. The van der Waals surface area contributed by atoms with Gasteiger partial charge in [0.1, 0.15) is 17.7 Å². The second-order valence-corrected chi connectivity index (χ2v) is 7.00. The predicted octanol–water partition coefficient (Wildman–Crippen LogP) is 1.35. The van der Waals surface area contributed by atoms with Crippen LogP contribution < -0.4 is 16.0 Å². The molecule has 0 radical (unpaired) electrons. The summed E-state index contributed by atoms with van der Waals surface area (Å²) in [6, 6.07) is 12.3. The number of hydrogen-bond donors (Lipinski definition) is 0. The standard InChI is InChI=1S/C21H17N7O3/c1-13-3-8-18(29)27(25-13)15-9-17-19(22-10-15)26(21(30)28-20(17)23-12-24-28)11-14-4-6-16(31-2)7-5-14/h3-10,12H,11H2,1-2H3. The van der Waals surface area contributed by atoms with E-state index in [1.54, 1.807) is 26.2 Å². The minimum absolute atomic E-state index is 0.282. The molecule has 10 heteroatoms. The Morgan fingerprint density at radius 1 is 1.00 bits per heavy atom. The Hall–Kier alpha value is -4.34. The lowest BCUT2D eigenvalue weighted by molar-refractivity contribution is 0.414. The van der Waals surface area contributed by atoms with Crippen molar-refractivity contribution in [3.05, 3.63) is 87.1 Å². The monoisotopic (exact) mass is 415 g/mol. The van der Waals surface area contributed by atoms with Crippen LogP contribution in [-0.4, -0.2) is 41.0 Å². The molecule has 4 aromatic heterocycles. The molecule has 0 unspecified atom stereocenters. The molecule has 1 aromatic carbocycles. The molecule has 0 bridgehead atoms. The van der Waals surface area contributed by atoms with Gasteiger partial charge in [-0.2, -0.15) is 19.4 Å². The lowest BCUT2D eigenvalue weighted by atomic mass is 10.2. The lowest BCUT2D eigenvalue weighted by Crippen LogP contribution is -2.29. The highest BCUT2D eigenvalue weighted by atomic mass is 16.5. The van der Waals surface area contributed by atoms with E-state index in [9.17, 15) is 9.59 Å². The molecule has 0 amide bonds. The molecule has 0 fully saturated rings. The maximum absolute atomic E-state index is 13.1. The normalized spacial score (nSPS) is 11.3. The maximum atomic E-state index is 13.1. The first-order valence-electron chi connectivity index (χ1n) is 9.48. The number of pyridine rings is 1. The van der Waals surface area contributed by atoms with Crippen LogP contribution in [-0.2, 0) is 6.54 Å². The van der Waals surface area contributed by atoms with E-state index in [0.717, 1.165) is 11.3 Å². The number of fused-ring (bicyclic) bond motifs is 3. The van der Waals surface area contributed by atoms with Gasteiger partial charge < -0.3 is 4.74 Å². The number of methoxy groups -OCH3 is 1. The predicted molar refractivity (Wildman–Crippen MR) is 113 cm³/mol. The van der Waals surface area contributed by atoms with Crippen molar-refractivity contribution in [2.24, 2.45) is 0 Å². The first-order chi connectivity index (χ1) is 15.0. The number of rotatable bonds is 4. The summed E-state index contributed by atoms with van der Waals surface area (Å²) in [5.41, 5.74) is 2.22. The average Bonchev–Trinajstić information content (AvgIpc) is 3.29. The van der Waals surface area contributed by atoms with E-state index >= 15 is 0 Å². The molecule has 0 aliphatic rings. The molecule has 10 nitrogen and oxygen atoms in total. The summed E-state index contributed by atoms with van der Waals surface area (Å²) < 4.78 is 9.22. The Morgan fingerprint density at radius 2 is 1.81 bits per heavy atom. The zero-order chi connectivity index (χ0) is 21.5. The summed E-state index contributed by atoms with van der Waals surface area (Å²) in [4.78, 5) is 34.1. The van der Waals surface area contributed by atoms with Crippen molar-refractivity contribution in [1.82, 2.24) is 33.9 Å².